The molecule has 0 aliphatic heterocycles. The van der Waals surface area contributed by atoms with E-state index in [-0.39, 0.29) is 14.6 Å². The van der Waals surface area contributed by atoms with Crippen molar-refractivity contribution in [2.45, 2.75) is 6.18 Å². The van der Waals surface area contributed by atoms with Crippen LogP contribution in [0.5, 0.6) is 0 Å². The van der Waals surface area contributed by atoms with Crippen LogP contribution in [0.25, 0.3) is 0 Å². The van der Waals surface area contributed by atoms with Gasteiger partial charge in [0.2, 0.25) is 0 Å². The summed E-state index contributed by atoms with van der Waals surface area (Å²) < 4.78 is 36.3. The molecule has 0 spiro atoms. The van der Waals surface area contributed by atoms with E-state index in [2.05, 4.69) is 20.9 Å². The van der Waals surface area contributed by atoms with Crippen molar-refractivity contribution in [3.63, 3.8) is 0 Å². The first-order chi connectivity index (χ1) is 5.82. The Labute approximate surface area is 90.0 Å². The average molecular weight is 295 g/mol. The molecular weight excluding hydrogens is 294 g/mol. The molecule has 7 heteroatoms. The van der Waals surface area contributed by atoms with Gasteiger partial charge in [0.15, 0.2) is 5.69 Å². The van der Waals surface area contributed by atoms with Crippen molar-refractivity contribution in [1.82, 2.24) is 4.98 Å². The summed E-state index contributed by atoms with van der Waals surface area (Å²) in [4.78, 5) is 3.11. The van der Waals surface area contributed by atoms with Crippen LogP contribution in [0.4, 0.5) is 13.2 Å². The minimum atomic E-state index is -4.56. The topological polar surface area (TPSA) is 12.9 Å². The van der Waals surface area contributed by atoms with Crippen molar-refractivity contribution in [3.8, 4) is 0 Å². The van der Waals surface area contributed by atoms with Gasteiger partial charge in [0.05, 0.1) is 9.50 Å². The maximum atomic E-state index is 12.2. The van der Waals surface area contributed by atoms with Crippen LogP contribution >= 0.6 is 39.1 Å². The number of aromatic nitrogens is 1. The Morgan fingerprint density at radius 3 is 2.31 bits per heavy atom. The van der Waals surface area contributed by atoms with Gasteiger partial charge in [-0.25, -0.2) is 4.98 Å². The molecule has 1 heterocycles. The van der Waals surface area contributed by atoms with Gasteiger partial charge in [0, 0.05) is 0 Å². The molecule has 72 valence electrons. The van der Waals surface area contributed by atoms with Gasteiger partial charge < -0.3 is 0 Å². The number of pyridine rings is 1. The van der Waals surface area contributed by atoms with Gasteiger partial charge in [-0.15, -0.1) is 0 Å². The summed E-state index contributed by atoms with van der Waals surface area (Å²) in [5.41, 5.74) is -1.12. The van der Waals surface area contributed by atoms with E-state index in [1.807, 2.05) is 0 Å². The van der Waals surface area contributed by atoms with Crippen LogP contribution in [0.3, 0.4) is 0 Å². The highest BCUT2D eigenvalue weighted by Crippen LogP contribution is 2.37. The largest absolute Gasteiger partial charge is 0.434 e. The molecule has 0 atom stereocenters. The smallest absolute Gasteiger partial charge is 0.230 e. The van der Waals surface area contributed by atoms with E-state index in [0.29, 0.717) is 0 Å². The molecule has 0 aromatic carbocycles. The average Bonchev–Trinajstić information content (AvgIpc) is 1.94. The fraction of sp³-hybridized carbons (Fsp3) is 0.167. The van der Waals surface area contributed by atoms with E-state index in [4.69, 9.17) is 23.2 Å². The molecule has 0 amide bonds. The Kier molecular flexibility index (Phi) is 3.09. The zero-order valence-corrected chi connectivity index (χ0v) is 8.89. The van der Waals surface area contributed by atoms with Gasteiger partial charge in [-0.1, -0.05) is 23.2 Å². The standard InChI is InChI=1S/C6HBrCl2F3N/c7-4-2(8)1-3(9)13-5(4)6(10,11)12/h1H. The normalized spacial score (nSPS) is 11.8. The highest BCUT2D eigenvalue weighted by molar-refractivity contribution is 9.10. The summed E-state index contributed by atoms with van der Waals surface area (Å²) in [5.74, 6) is 0. The van der Waals surface area contributed by atoms with Gasteiger partial charge in [0.1, 0.15) is 5.15 Å². The molecule has 0 aliphatic carbocycles. The Morgan fingerprint density at radius 1 is 1.31 bits per heavy atom. The molecule has 0 bridgehead atoms. The van der Waals surface area contributed by atoms with Crippen molar-refractivity contribution < 1.29 is 13.2 Å². The molecule has 0 radical (unpaired) electrons. The lowest BCUT2D eigenvalue weighted by Gasteiger charge is -2.08. The van der Waals surface area contributed by atoms with E-state index in [9.17, 15) is 13.2 Å². The quantitative estimate of drug-likeness (QED) is 0.655. The molecule has 1 nitrogen and oxygen atoms in total. The zero-order chi connectivity index (χ0) is 10.2. The lowest BCUT2D eigenvalue weighted by atomic mass is 10.3. The maximum absolute atomic E-state index is 12.2. The predicted molar refractivity (Wildman–Crippen MR) is 47.0 cm³/mol. The molecule has 0 N–H and O–H groups in total. The summed E-state index contributed by atoms with van der Waals surface area (Å²) in [6, 6.07) is 1.13. The molecular formula is C6HBrCl2F3N. The molecule has 0 unspecified atom stereocenters. The first-order valence-corrected chi connectivity index (χ1v) is 4.46. The summed E-state index contributed by atoms with van der Waals surface area (Å²) in [7, 11) is 0. The summed E-state index contributed by atoms with van der Waals surface area (Å²) in [6.07, 6.45) is -4.56. The first-order valence-electron chi connectivity index (χ1n) is 2.91. The van der Waals surface area contributed by atoms with E-state index < -0.39 is 11.9 Å². The SMILES string of the molecule is FC(F)(F)c1nc(Cl)cc(Cl)c1Br. The molecule has 0 saturated carbocycles. The molecule has 1 aromatic heterocycles. The van der Waals surface area contributed by atoms with Crippen molar-refractivity contribution in [3.05, 3.63) is 26.4 Å². The Hall–Kier alpha value is -0.0000000000000000555. The monoisotopic (exact) mass is 293 g/mol. The maximum Gasteiger partial charge on any atom is 0.434 e. The van der Waals surface area contributed by atoms with Crippen LogP contribution in [0.15, 0.2) is 10.5 Å². The molecule has 0 fully saturated rings. The lowest BCUT2D eigenvalue weighted by Crippen LogP contribution is -2.09. The second-order valence-corrected chi connectivity index (χ2v) is 3.67. The van der Waals surface area contributed by atoms with Crippen molar-refractivity contribution in [2.75, 3.05) is 0 Å². The van der Waals surface area contributed by atoms with E-state index >= 15 is 0 Å². The lowest BCUT2D eigenvalue weighted by molar-refractivity contribution is -0.141. The molecule has 1 aromatic rings. The third-order valence-electron chi connectivity index (χ3n) is 1.15. The van der Waals surface area contributed by atoms with Crippen LogP contribution in [0.1, 0.15) is 5.69 Å². The molecule has 0 aliphatic rings. The van der Waals surface area contributed by atoms with Crippen molar-refractivity contribution in [1.29, 1.82) is 0 Å². The highest BCUT2D eigenvalue weighted by Gasteiger charge is 2.36. The van der Waals surface area contributed by atoms with Crippen LogP contribution in [0.2, 0.25) is 10.2 Å². The Balaban J connectivity index is 3.37. The highest BCUT2D eigenvalue weighted by atomic mass is 79.9. The van der Waals surface area contributed by atoms with Crippen LogP contribution < -0.4 is 0 Å². The van der Waals surface area contributed by atoms with Gasteiger partial charge in [-0.2, -0.15) is 13.2 Å². The third-order valence-corrected chi connectivity index (χ3v) is 2.67. The summed E-state index contributed by atoms with van der Waals surface area (Å²) >= 11 is 13.4. The van der Waals surface area contributed by atoms with Gasteiger partial charge >= 0.3 is 6.18 Å². The third kappa shape index (κ3) is 2.48. The number of hydrogen-bond donors (Lipinski definition) is 0. The van der Waals surface area contributed by atoms with Crippen LogP contribution in [-0.4, -0.2) is 4.98 Å². The van der Waals surface area contributed by atoms with Crippen LogP contribution in [-0.2, 0) is 6.18 Å². The van der Waals surface area contributed by atoms with E-state index in [1.54, 1.807) is 0 Å². The molecule has 1 rings (SSSR count). The van der Waals surface area contributed by atoms with Crippen molar-refractivity contribution >= 4 is 39.1 Å². The minimum absolute atomic E-state index is 0.118. The minimum Gasteiger partial charge on any atom is -0.230 e. The zero-order valence-electron chi connectivity index (χ0n) is 5.79. The van der Waals surface area contributed by atoms with E-state index in [1.165, 1.54) is 0 Å². The number of alkyl halides is 3. The second kappa shape index (κ2) is 3.63. The van der Waals surface area contributed by atoms with Gasteiger partial charge in [-0.05, 0) is 22.0 Å². The fourth-order valence-corrected chi connectivity index (χ4v) is 1.53. The number of hydrogen-bond acceptors (Lipinski definition) is 1. The van der Waals surface area contributed by atoms with Crippen LogP contribution in [0, 0.1) is 0 Å². The molecule has 0 saturated heterocycles. The van der Waals surface area contributed by atoms with Gasteiger partial charge in [0.25, 0.3) is 0 Å². The Morgan fingerprint density at radius 2 is 1.85 bits per heavy atom. The Bertz CT molecular complexity index is 339. The fourth-order valence-electron chi connectivity index (χ4n) is 0.657. The van der Waals surface area contributed by atoms with E-state index in [0.717, 1.165) is 6.07 Å². The molecule has 13 heavy (non-hydrogen) atoms. The number of nitrogens with zero attached hydrogens (tertiary/aromatic N) is 1. The summed E-state index contributed by atoms with van der Waals surface area (Å²) in [5, 5.41) is -0.409. The number of rotatable bonds is 0. The summed E-state index contributed by atoms with van der Waals surface area (Å²) in [6.45, 7) is 0. The van der Waals surface area contributed by atoms with Gasteiger partial charge in [-0.3, -0.25) is 0 Å². The number of halogens is 6. The first kappa shape index (κ1) is 11.1. The predicted octanol–water partition coefficient (Wildman–Crippen LogP) is 4.17. The second-order valence-electron chi connectivity index (χ2n) is 2.09. The van der Waals surface area contributed by atoms with Crippen molar-refractivity contribution in [2.24, 2.45) is 0 Å².